The smallest absolute Gasteiger partial charge is 0.239 e. The summed E-state index contributed by atoms with van der Waals surface area (Å²) in [5, 5.41) is 111. The van der Waals surface area contributed by atoms with Crippen molar-refractivity contribution in [1.82, 2.24) is 0 Å². The molecule has 2 saturated heterocycles. The van der Waals surface area contributed by atoms with E-state index in [1.807, 2.05) is 0 Å². The lowest BCUT2D eigenvalue weighted by Gasteiger charge is -2.45. The SMILES string of the molecule is O=c1c(O[C@H]2O[C@H](CO)[C@H](O)[C@@H](O)[C@H]2O[C@H]2O[C@H](CO)[C@H](O)[C@@H](O)[C@H]2O)c(-c2ccc(O)c(O)c2)oc2cc(O)cc(O)c12. The predicted octanol–water partition coefficient (Wildman–Crippen LogP) is -2.71. The van der Waals surface area contributed by atoms with Gasteiger partial charge < -0.3 is 79.5 Å². The van der Waals surface area contributed by atoms with Crippen LogP contribution in [-0.2, 0) is 14.2 Å². The zero-order chi connectivity index (χ0) is 32.0. The number of ether oxygens (including phenoxy) is 4. The van der Waals surface area contributed by atoms with Gasteiger partial charge in [-0.1, -0.05) is 0 Å². The molecule has 2 aliphatic heterocycles. The van der Waals surface area contributed by atoms with E-state index in [0.29, 0.717) is 0 Å². The van der Waals surface area contributed by atoms with Gasteiger partial charge in [0.2, 0.25) is 17.5 Å². The largest absolute Gasteiger partial charge is 0.508 e. The molecule has 5 rings (SSSR count). The van der Waals surface area contributed by atoms with Crippen LogP contribution >= 0.6 is 0 Å². The normalized spacial score (nSPS) is 32.5. The molecule has 0 radical (unpaired) electrons. The van der Waals surface area contributed by atoms with Crippen molar-refractivity contribution < 1.29 is 79.5 Å². The van der Waals surface area contributed by atoms with E-state index in [2.05, 4.69) is 0 Å². The van der Waals surface area contributed by atoms with Gasteiger partial charge in [-0.3, -0.25) is 4.79 Å². The van der Waals surface area contributed by atoms with Crippen LogP contribution < -0.4 is 10.2 Å². The van der Waals surface area contributed by atoms with Crippen LogP contribution in [0.2, 0.25) is 0 Å². The zero-order valence-corrected chi connectivity index (χ0v) is 22.4. The Balaban J connectivity index is 1.61. The molecule has 0 aliphatic carbocycles. The molecule has 0 amide bonds. The molecule has 44 heavy (non-hydrogen) atoms. The van der Waals surface area contributed by atoms with Crippen LogP contribution in [0.3, 0.4) is 0 Å². The summed E-state index contributed by atoms with van der Waals surface area (Å²) >= 11 is 0. The van der Waals surface area contributed by atoms with Crippen LogP contribution in [-0.4, -0.2) is 131 Å². The standard InChI is InChI=1S/C27H30O17/c28-6-14-17(34)20(37)22(39)26(41-14)44-25-21(38)18(35)15(7-29)42-27(25)43-24-19(36)16-12(33)4-9(30)5-13(16)40-23(24)8-1-2-10(31)11(32)3-8/h1-5,14-15,17-18,20-22,25-35,37-39H,6-7H2/t14-,15-,17+,18+,20-,21-,22-,25-,26-,27-/m1/s1. The van der Waals surface area contributed by atoms with Gasteiger partial charge in [0.25, 0.3) is 0 Å². The Morgan fingerprint density at radius 1 is 0.705 bits per heavy atom. The fourth-order valence-electron chi connectivity index (χ4n) is 4.98. The first-order valence-corrected chi connectivity index (χ1v) is 13.2. The second kappa shape index (κ2) is 12.3. The highest BCUT2D eigenvalue weighted by Gasteiger charge is 2.51. The summed E-state index contributed by atoms with van der Waals surface area (Å²) < 4.78 is 28.1. The lowest BCUT2D eigenvalue weighted by atomic mass is 9.97. The fourth-order valence-corrected chi connectivity index (χ4v) is 4.98. The van der Waals surface area contributed by atoms with Crippen molar-refractivity contribution in [1.29, 1.82) is 0 Å². The molecular formula is C27H30O17. The van der Waals surface area contributed by atoms with Gasteiger partial charge in [0, 0.05) is 17.7 Å². The number of aliphatic hydroxyl groups excluding tert-OH is 7. The molecule has 2 aromatic carbocycles. The Labute approximate surface area is 246 Å². The Bertz CT molecular complexity index is 1560. The second-order valence-corrected chi connectivity index (χ2v) is 10.3. The molecular weight excluding hydrogens is 596 g/mol. The van der Waals surface area contributed by atoms with Crippen LogP contribution in [0.4, 0.5) is 0 Å². The van der Waals surface area contributed by atoms with Crippen molar-refractivity contribution in [3.8, 4) is 40.1 Å². The van der Waals surface area contributed by atoms with Crippen molar-refractivity contribution >= 4 is 11.0 Å². The summed E-state index contributed by atoms with van der Waals surface area (Å²) in [6, 6.07) is 5.12. The molecule has 1 aromatic heterocycles. The van der Waals surface area contributed by atoms with Crippen LogP contribution in [0.25, 0.3) is 22.3 Å². The maximum Gasteiger partial charge on any atom is 0.239 e. The number of hydrogen-bond acceptors (Lipinski definition) is 17. The van der Waals surface area contributed by atoms with E-state index < -0.39 is 120 Å². The van der Waals surface area contributed by atoms with Gasteiger partial charge in [-0.15, -0.1) is 0 Å². The quantitative estimate of drug-likeness (QED) is 0.119. The molecule has 0 bridgehead atoms. The lowest BCUT2D eigenvalue weighted by molar-refractivity contribution is -0.358. The molecule has 11 N–H and O–H groups in total. The Morgan fingerprint density at radius 2 is 1.34 bits per heavy atom. The highest BCUT2D eigenvalue weighted by Crippen LogP contribution is 2.40. The maximum atomic E-state index is 13.7. The molecule has 2 fully saturated rings. The molecule has 0 saturated carbocycles. The molecule has 3 heterocycles. The van der Waals surface area contributed by atoms with E-state index in [-0.39, 0.29) is 11.1 Å². The Hall–Kier alpha value is -3.75. The molecule has 240 valence electrons. The third-order valence-corrected chi connectivity index (χ3v) is 7.35. The van der Waals surface area contributed by atoms with E-state index in [0.717, 1.165) is 24.3 Å². The Kier molecular flexibility index (Phi) is 8.87. The summed E-state index contributed by atoms with van der Waals surface area (Å²) in [6.07, 6.45) is -18.0. The summed E-state index contributed by atoms with van der Waals surface area (Å²) in [5.41, 5.74) is -1.47. The predicted molar refractivity (Wildman–Crippen MR) is 142 cm³/mol. The number of aliphatic hydroxyl groups is 7. The number of rotatable bonds is 7. The van der Waals surface area contributed by atoms with Crippen molar-refractivity contribution in [2.75, 3.05) is 13.2 Å². The molecule has 2 aliphatic rings. The highest BCUT2D eigenvalue weighted by molar-refractivity contribution is 5.88. The van der Waals surface area contributed by atoms with Crippen LogP contribution in [0.15, 0.2) is 39.5 Å². The second-order valence-electron chi connectivity index (χ2n) is 10.3. The van der Waals surface area contributed by atoms with E-state index in [4.69, 9.17) is 23.4 Å². The number of benzene rings is 2. The van der Waals surface area contributed by atoms with Crippen LogP contribution in [0.5, 0.6) is 28.7 Å². The van der Waals surface area contributed by atoms with Gasteiger partial charge in [0.15, 0.2) is 29.7 Å². The van der Waals surface area contributed by atoms with Crippen LogP contribution in [0.1, 0.15) is 0 Å². The van der Waals surface area contributed by atoms with Crippen molar-refractivity contribution in [2.45, 2.75) is 61.4 Å². The first-order chi connectivity index (χ1) is 20.9. The molecule has 0 unspecified atom stereocenters. The average Bonchev–Trinajstić information content (AvgIpc) is 2.98. The molecule has 0 spiro atoms. The summed E-state index contributed by atoms with van der Waals surface area (Å²) in [4.78, 5) is 13.7. The highest BCUT2D eigenvalue weighted by atomic mass is 16.8. The van der Waals surface area contributed by atoms with Gasteiger partial charge in [-0.05, 0) is 18.2 Å². The summed E-state index contributed by atoms with van der Waals surface area (Å²) in [6.45, 7) is -1.68. The van der Waals surface area contributed by atoms with Crippen molar-refractivity contribution in [2.24, 2.45) is 0 Å². The monoisotopic (exact) mass is 626 g/mol. The third-order valence-electron chi connectivity index (χ3n) is 7.35. The number of phenolic OH excluding ortho intramolecular Hbond substituents is 4. The van der Waals surface area contributed by atoms with E-state index in [1.54, 1.807) is 0 Å². The minimum Gasteiger partial charge on any atom is -0.508 e. The van der Waals surface area contributed by atoms with Gasteiger partial charge in [0.1, 0.15) is 65.2 Å². The van der Waals surface area contributed by atoms with E-state index in [1.165, 1.54) is 6.07 Å². The summed E-state index contributed by atoms with van der Waals surface area (Å²) in [5.74, 6) is -3.54. The minimum absolute atomic E-state index is 0.0707. The first-order valence-electron chi connectivity index (χ1n) is 13.2. The number of phenols is 4. The Morgan fingerprint density at radius 3 is 1.98 bits per heavy atom. The van der Waals surface area contributed by atoms with E-state index >= 15 is 0 Å². The molecule has 10 atom stereocenters. The minimum atomic E-state index is -1.97. The molecule has 17 nitrogen and oxygen atoms in total. The van der Waals surface area contributed by atoms with E-state index in [9.17, 15) is 61.0 Å². The topological polar surface area (TPSA) is 290 Å². The molecule has 17 heteroatoms. The van der Waals surface area contributed by atoms with Crippen molar-refractivity contribution in [3.63, 3.8) is 0 Å². The average molecular weight is 627 g/mol. The zero-order valence-electron chi connectivity index (χ0n) is 22.4. The first kappa shape index (κ1) is 31.7. The van der Waals surface area contributed by atoms with Gasteiger partial charge >= 0.3 is 0 Å². The number of hydrogen-bond donors (Lipinski definition) is 11. The number of aromatic hydroxyl groups is 4. The summed E-state index contributed by atoms with van der Waals surface area (Å²) in [7, 11) is 0. The molecule has 3 aromatic rings. The third kappa shape index (κ3) is 5.61. The lowest BCUT2D eigenvalue weighted by Crippen LogP contribution is -2.65. The maximum absolute atomic E-state index is 13.7. The van der Waals surface area contributed by atoms with Crippen molar-refractivity contribution in [3.05, 3.63) is 40.6 Å². The van der Waals surface area contributed by atoms with Gasteiger partial charge in [-0.25, -0.2) is 0 Å². The van der Waals surface area contributed by atoms with Crippen LogP contribution in [0, 0.1) is 0 Å². The fraction of sp³-hybridized carbons (Fsp3) is 0.444. The van der Waals surface area contributed by atoms with Gasteiger partial charge in [0.05, 0.1) is 13.2 Å². The van der Waals surface area contributed by atoms with Gasteiger partial charge in [-0.2, -0.15) is 0 Å². The number of fused-ring (bicyclic) bond motifs is 1.